The zero-order chi connectivity index (χ0) is 18.4. The van der Waals surface area contributed by atoms with Crippen molar-refractivity contribution in [2.24, 2.45) is 5.92 Å². The third kappa shape index (κ3) is 4.98. The number of aryl methyl sites for hydroxylation is 1. The molecule has 5 nitrogen and oxygen atoms in total. The lowest BCUT2D eigenvalue weighted by Crippen LogP contribution is -2.34. The number of nitrogens with zero attached hydrogens (tertiary/aromatic N) is 2. The zero-order valence-electron chi connectivity index (χ0n) is 15.4. The molecule has 0 saturated carbocycles. The predicted octanol–water partition coefficient (Wildman–Crippen LogP) is 3.43. The Hall–Kier alpha value is -1.53. The van der Waals surface area contributed by atoms with Crippen molar-refractivity contribution in [3.05, 3.63) is 29.1 Å². The van der Waals surface area contributed by atoms with Crippen molar-refractivity contribution in [2.45, 2.75) is 46.6 Å². The van der Waals surface area contributed by atoms with Crippen molar-refractivity contribution >= 4 is 29.6 Å². The third-order valence-corrected chi connectivity index (χ3v) is 4.45. The average Bonchev–Trinajstić information content (AvgIpc) is 2.99. The maximum absolute atomic E-state index is 13.0. The number of aliphatic hydroxyl groups excluding tert-OH is 1. The van der Waals surface area contributed by atoms with Crippen molar-refractivity contribution in [2.75, 3.05) is 18.8 Å². The van der Waals surface area contributed by atoms with Crippen LogP contribution in [-0.2, 0) is 13.0 Å². The van der Waals surface area contributed by atoms with Crippen LogP contribution in [0.3, 0.4) is 0 Å². The highest BCUT2D eigenvalue weighted by Gasteiger charge is 2.18. The summed E-state index contributed by atoms with van der Waals surface area (Å²) in [6.07, 6.45) is 2.80. The molecule has 2 aromatic rings. The number of amides is 1. The molecule has 0 radical (unpaired) electrons. The Kier molecular flexibility index (Phi) is 7.32. The number of H-pyrrole nitrogens is 1. The molecule has 1 aromatic heterocycles. The standard InChI is InChI=1S/C19H29N3O2S/c1-4-5-17-20-16-11-14(10-15(12-23)18(16)21-17)19(24)22(8-9-25)7-6-13(2)3/h10-11,13,23,25H,4-9,12H2,1-3H3,(H,20,21). The van der Waals surface area contributed by atoms with Gasteiger partial charge in [0.05, 0.1) is 17.6 Å². The fourth-order valence-electron chi connectivity index (χ4n) is 2.87. The van der Waals surface area contributed by atoms with E-state index in [0.717, 1.165) is 36.1 Å². The van der Waals surface area contributed by atoms with Gasteiger partial charge in [-0.2, -0.15) is 12.6 Å². The number of imidazole rings is 1. The summed E-state index contributed by atoms with van der Waals surface area (Å²) in [5, 5.41) is 9.71. The van der Waals surface area contributed by atoms with E-state index in [1.165, 1.54) is 0 Å². The van der Waals surface area contributed by atoms with Crippen molar-refractivity contribution in [1.29, 1.82) is 0 Å². The molecule has 0 saturated heterocycles. The first-order valence-electron chi connectivity index (χ1n) is 9.02. The Morgan fingerprint density at radius 3 is 2.72 bits per heavy atom. The molecule has 0 fully saturated rings. The topological polar surface area (TPSA) is 69.2 Å². The molecule has 0 spiro atoms. The van der Waals surface area contributed by atoms with E-state index < -0.39 is 0 Å². The molecule has 0 unspecified atom stereocenters. The molecule has 0 aliphatic carbocycles. The number of carbonyl (C=O) groups excluding carboxylic acids is 1. The van der Waals surface area contributed by atoms with Gasteiger partial charge in [0.2, 0.25) is 0 Å². The number of hydrogen-bond acceptors (Lipinski definition) is 4. The summed E-state index contributed by atoms with van der Waals surface area (Å²) in [6.45, 7) is 7.60. The van der Waals surface area contributed by atoms with Crippen molar-refractivity contribution in [3.63, 3.8) is 0 Å². The highest BCUT2D eigenvalue weighted by molar-refractivity contribution is 7.80. The van der Waals surface area contributed by atoms with Gasteiger partial charge in [0.1, 0.15) is 5.82 Å². The van der Waals surface area contributed by atoms with E-state index in [4.69, 9.17) is 0 Å². The second kappa shape index (κ2) is 9.25. The minimum Gasteiger partial charge on any atom is -0.392 e. The fraction of sp³-hybridized carbons (Fsp3) is 0.579. The maximum Gasteiger partial charge on any atom is 0.253 e. The summed E-state index contributed by atoms with van der Waals surface area (Å²) < 4.78 is 0. The van der Waals surface area contributed by atoms with E-state index in [9.17, 15) is 9.90 Å². The Morgan fingerprint density at radius 2 is 2.12 bits per heavy atom. The first-order valence-corrected chi connectivity index (χ1v) is 9.65. The van der Waals surface area contributed by atoms with Crippen LogP contribution in [0.15, 0.2) is 12.1 Å². The van der Waals surface area contributed by atoms with Gasteiger partial charge in [-0.3, -0.25) is 4.79 Å². The van der Waals surface area contributed by atoms with E-state index in [-0.39, 0.29) is 12.5 Å². The summed E-state index contributed by atoms with van der Waals surface area (Å²) in [6, 6.07) is 3.62. The molecule has 1 aromatic carbocycles. The first-order chi connectivity index (χ1) is 12.0. The molecule has 1 heterocycles. The quantitative estimate of drug-likeness (QED) is 0.598. The normalized spacial score (nSPS) is 11.4. The molecule has 0 aliphatic heterocycles. The Morgan fingerprint density at radius 1 is 1.36 bits per heavy atom. The number of thiol groups is 1. The Balaban J connectivity index is 2.35. The SMILES string of the molecule is CCCc1nc2c(CO)cc(C(=O)N(CCS)CCC(C)C)cc2[nH]1. The van der Waals surface area contributed by atoms with Crippen LogP contribution in [0.25, 0.3) is 11.0 Å². The minimum atomic E-state index is -0.132. The van der Waals surface area contributed by atoms with Gasteiger partial charge in [-0.15, -0.1) is 0 Å². The smallest absolute Gasteiger partial charge is 0.253 e. The van der Waals surface area contributed by atoms with E-state index in [1.54, 1.807) is 6.07 Å². The molecule has 1 amide bonds. The summed E-state index contributed by atoms with van der Waals surface area (Å²) in [7, 11) is 0. The molecule has 2 N–H and O–H groups in total. The van der Waals surface area contributed by atoms with Crippen molar-refractivity contribution < 1.29 is 9.90 Å². The zero-order valence-corrected chi connectivity index (χ0v) is 16.3. The summed E-state index contributed by atoms with van der Waals surface area (Å²) >= 11 is 4.29. The molecule has 6 heteroatoms. The van der Waals surface area contributed by atoms with Gasteiger partial charge in [0.25, 0.3) is 5.91 Å². The van der Waals surface area contributed by atoms with Gasteiger partial charge in [-0.1, -0.05) is 20.8 Å². The van der Waals surface area contributed by atoms with Crippen LogP contribution in [-0.4, -0.2) is 44.7 Å². The minimum absolute atomic E-state index is 0.0158. The summed E-state index contributed by atoms with van der Waals surface area (Å²) in [4.78, 5) is 22.7. The fourth-order valence-corrected chi connectivity index (χ4v) is 3.11. The van der Waals surface area contributed by atoms with Crippen LogP contribution in [0, 0.1) is 5.92 Å². The number of carbonyl (C=O) groups is 1. The predicted molar refractivity (Wildman–Crippen MR) is 105 cm³/mol. The number of aliphatic hydroxyl groups is 1. The van der Waals surface area contributed by atoms with Crippen LogP contribution in [0.1, 0.15) is 55.4 Å². The van der Waals surface area contributed by atoms with Gasteiger partial charge in [-0.05, 0) is 30.9 Å². The van der Waals surface area contributed by atoms with Crippen molar-refractivity contribution in [1.82, 2.24) is 14.9 Å². The van der Waals surface area contributed by atoms with E-state index >= 15 is 0 Å². The lowest BCUT2D eigenvalue weighted by atomic mass is 10.1. The van der Waals surface area contributed by atoms with E-state index in [2.05, 4.69) is 43.4 Å². The number of aromatic nitrogens is 2. The van der Waals surface area contributed by atoms with E-state index in [1.807, 2.05) is 11.0 Å². The Bertz CT molecular complexity index is 712. The Labute approximate surface area is 155 Å². The van der Waals surface area contributed by atoms with Crippen LogP contribution in [0.2, 0.25) is 0 Å². The largest absolute Gasteiger partial charge is 0.392 e. The van der Waals surface area contributed by atoms with Crippen molar-refractivity contribution in [3.8, 4) is 0 Å². The van der Waals surface area contributed by atoms with Gasteiger partial charge >= 0.3 is 0 Å². The van der Waals surface area contributed by atoms with Gasteiger partial charge in [0, 0.05) is 36.4 Å². The van der Waals surface area contributed by atoms with Crippen LogP contribution < -0.4 is 0 Å². The maximum atomic E-state index is 13.0. The number of fused-ring (bicyclic) bond motifs is 1. The highest BCUT2D eigenvalue weighted by Crippen LogP contribution is 2.21. The summed E-state index contributed by atoms with van der Waals surface area (Å²) in [5.74, 6) is 2.04. The van der Waals surface area contributed by atoms with E-state index in [0.29, 0.717) is 35.9 Å². The number of hydrogen-bond donors (Lipinski definition) is 3. The number of aromatic amines is 1. The lowest BCUT2D eigenvalue weighted by Gasteiger charge is -2.23. The second-order valence-corrected chi connectivity index (χ2v) is 7.27. The van der Waals surface area contributed by atoms with Gasteiger partial charge < -0.3 is 15.0 Å². The van der Waals surface area contributed by atoms with Gasteiger partial charge in [-0.25, -0.2) is 4.98 Å². The molecule has 0 atom stereocenters. The van der Waals surface area contributed by atoms with Crippen LogP contribution in [0.4, 0.5) is 0 Å². The molecular formula is C19H29N3O2S. The first kappa shape index (κ1) is 19.8. The molecule has 138 valence electrons. The number of benzene rings is 1. The third-order valence-electron chi connectivity index (χ3n) is 4.25. The molecule has 2 rings (SSSR count). The molecular weight excluding hydrogens is 334 g/mol. The van der Waals surface area contributed by atoms with Crippen LogP contribution in [0.5, 0.6) is 0 Å². The number of nitrogens with one attached hydrogen (secondary N) is 1. The lowest BCUT2D eigenvalue weighted by molar-refractivity contribution is 0.0759. The molecule has 0 aliphatic rings. The molecule has 25 heavy (non-hydrogen) atoms. The van der Waals surface area contributed by atoms with Crippen LogP contribution >= 0.6 is 12.6 Å². The second-order valence-electron chi connectivity index (χ2n) is 6.82. The molecule has 0 bridgehead atoms. The number of rotatable bonds is 9. The monoisotopic (exact) mass is 363 g/mol. The summed E-state index contributed by atoms with van der Waals surface area (Å²) in [5.41, 5.74) is 2.85. The highest BCUT2D eigenvalue weighted by atomic mass is 32.1. The van der Waals surface area contributed by atoms with Gasteiger partial charge in [0.15, 0.2) is 0 Å². The average molecular weight is 364 g/mol.